The number of amides is 1. The van der Waals surface area contributed by atoms with Crippen LogP contribution in [0.1, 0.15) is 4.88 Å². The molecule has 92 valence electrons. The monoisotopic (exact) mass is 262 g/mol. The first-order chi connectivity index (χ1) is 8.65. The van der Waals surface area contributed by atoms with Crippen molar-refractivity contribution in [2.75, 3.05) is 13.7 Å². The van der Waals surface area contributed by atoms with Crippen LogP contribution in [0.5, 0.6) is 11.5 Å². The molecule has 5 nitrogen and oxygen atoms in total. The van der Waals surface area contributed by atoms with Gasteiger partial charge < -0.3 is 15.2 Å². The Balaban J connectivity index is 2.52. The van der Waals surface area contributed by atoms with Crippen molar-refractivity contribution in [2.24, 2.45) is 5.73 Å². The molecular formula is C12H10N2O3S. The zero-order chi connectivity index (χ0) is 13.1. The zero-order valence-electron chi connectivity index (χ0n) is 9.60. The van der Waals surface area contributed by atoms with Crippen LogP contribution in [0, 0.1) is 11.3 Å². The van der Waals surface area contributed by atoms with E-state index in [0.29, 0.717) is 16.4 Å². The van der Waals surface area contributed by atoms with Crippen LogP contribution >= 0.6 is 11.3 Å². The SMILES string of the molecule is COc1ccc2sc(C#N)c(OCC(N)=O)c2c1. The maximum atomic E-state index is 10.7. The average molecular weight is 262 g/mol. The van der Waals surface area contributed by atoms with Gasteiger partial charge in [0.15, 0.2) is 12.4 Å². The van der Waals surface area contributed by atoms with E-state index < -0.39 is 5.91 Å². The summed E-state index contributed by atoms with van der Waals surface area (Å²) >= 11 is 1.30. The predicted octanol–water partition coefficient (Wildman–Crippen LogP) is 1.65. The quantitative estimate of drug-likeness (QED) is 0.907. The molecule has 0 bridgehead atoms. The van der Waals surface area contributed by atoms with Gasteiger partial charge in [-0.2, -0.15) is 5.26 Å². The van der Waals surface area contributed by atoms with Crippen LogP contribution in [0.25, 0.3) is 10.1 Å². The lowest BCUT2D eigenvalue weighted by Crippen LogP contribution is -2.20. The summed E-state index contributed by atoms with van der Waals surface area (Å²) in [5.41, 5.74) is 5.03. The summed E-state index contributed by atoms with van der Waals surface area (Å²) in [6.07, 6.45) is 0. The largest absolute Gasteiger partial charge is 0.497 e. The number of fused-ring (bicyclic) bond motifs is 1. The number of nitrogens with two attached hydrogens (primary N) is 1. The number of methoxy groups -OCH3 is 1. The fourth-order valence-electron chi connectivity index (χ4n) is 1.54. The molecule has 0 saturated heterocycles. The number of primary amides is 1. The molecule has 2 rings (SSSR count). The van der Waals surface area contributed by atoms with E-state index in [4.69, 9.17) is 20.5 Å². The molecule has 2 aromatic rings. The van der Waals surface area contributed by atoms with Gasteiger partial charge in [-0.25, -0.2) is 0 Å². The number of hydrogen-bond acceptors (Lipinski definition) is 5. The number of carbonyl (C=O) groups excluding carboxylic acids is 1. The third-order valence-corrected chi connectivity index (χ3v) is 3.37. The zero-order valence-corrected chi connectivity index (χ0v) is 10.4. The number of nitrogens with zero attached hydrogens (tertiary/aromatic N) is 1. The Morgan fingerprint density at radius 1 is 1.56 bits per heavy atom. The van der Waals surface area contributed by atoms with Crippen molar-refractivity contribution in [3.63, 3.8) is 0 Å². The molecule has 1 aromatic heterocycles. The number of hydrogen-bond donors (Lipinski definition) is 1. The second-order valence-electron chi connectivity index (χ2n) is 3.49. The molecular weight excluding hydrogens is 252 g/mol. The molecule has 0 aliphatic rings. The minimum absolute atomic E-state index is 0.252. The Morgan fingerprint density at radius 2 is 2.33 bits per heavy atom. The fourth-order valence-corrected chi connectivity index (χ4v) is 2.47. The van der Waals surface area contributed by atoms with Gasteiger partial charge in [-0.1, -0.05) is 0 Å². The summed E-state index contributed by atoms with van der Waals surface area (Å²) in [7, 11) is 1.56. The van der Waals surface area contributed by atoms with Crippen LogP contribution in [0.2, 0.25) is 0 Å². The lowest BCUT2D eigenvalue weighted by molar-refractivity contribution is -0.119. The molecule has 0 saturated carbocycles. The summed E-state index contributed by atoms with van der Waals surface area (Å²) in [5, 5.41) is 9.79. The van der Waals surface area contributed by atoms with E-state index in [1.54, 1.807) is 19.2 Å². The Bertz CT molecular complexity index is 643. The van der Waals surface area contributed by atoms with Crippen molar-refractivity contribution in [3.05, 3.63) is 23.1 Å². The highest BCUT2D eigenvalue weighted by Gasteiger charge is 2.15. The summed E-state index contributed by atoms with van der Waals surface area (Å²) in [4.78, 5) is 11.2. The van der Waals surface area contributed by atoms with Crippen molar-refractivity contribution in [2.45, 2.75) is 0 Å². The van der Waals surface area contributed by atoms with Crippen LogP contribution in [-0.2, 0) is 4.79 Å². The summed E-state index contributed by atoms with van der Waals surface area (Å²) in [5.74, 6) is 0.463. The van der Waals surface area contributed by atoms with Crippen LogP contribution in [0.15, 0.2) is 18.2 Å². The summed E-state index contributed by atoms with van der Waals surface area (Å²) < 4.78 is 11.3. The van der Waals surface area contributed by atoms with Gasteiger partial charge in [-0.15, -0.1) is 11.3 Å². The molecule has 0 spiro atoms. The first-order valence-corrected chi connectivity index (χ1v) is 5.89. The van der Waals surface area contributed by atoms with Gasteiger partial charge in [-0.05, 0) is 18.2 Å². The van der Waals surface area contributed by atoms with E-state index in [9.17, 15) is 4.79 Å². The van der Waals surface area contributed by atoms with Crippen LogP contribution in [-0.4, -0.2) is 19.6 Å². The van der Waals surface area contributed by atoms with E-state index in [0.717, 1.165) is 10.1 Å². The van der Waals surface area contributed by atoms with Crippen molar-refractivity contribution in [3.8, 4) is 17.6 Å². The first kappa shape index (κ1) is 12.2. The van der Waals surface area contributed by atoms with Crippen molar-refractivity contribution in [1.82, 2.24) is 0 Å². The molecule has 0 atom stereocenters. The smallest absolute Gasteiger partial charge is 0.255 e. The van der Waals surface area contributed by atoms with Gasteiger partial charge in [-0.3, -0.25) is 4.79 Å². The highest BCUT2D eigenvalue weighted by atomic mass is 32.1. The minimum atomic E-state index is -0.582. The lowest BCUT2D eigenvalue weighted by Gasteiger charge is -2.04. The first-order valence-electron chi connectivity index (χ1n) is 5.07. The maximum absolute atomic E-state index is 10.7. The molecule has 0 fully saturated rings. The minimum Gasteiger partial charge on any atom is -0.497 e. The van der Waals surface area contributed by atoms with Crippen molar-refractivity contribution in [1.29, 1.82) is 5.26 Å². The Morgan fingerprint density at radius 3 is 2.94 bits per heavy atom. The summed E-state index contributed by atoms with van der Waals surface area (Å²) in [6, 6.07) is 7.46. The van der Waals surface area contributed by atoms with E-state index in [-0.39, 0.29) is 6.61 Å². The van der Waals surface area contributed by atoms with Crippen LogP contribution in [0.4, 0.5) is 0 Å². The third-order valence-electron chi connectivity index (χ3n) is 2.31. The molecule has 0 aliphatic carbocycles. The van der Waals surface area contributed by atoms with E-state index >= 15 is 0 Å². The van der Waals surface area contributed by atoms with Gasteiger partial charge in [0.1, 0.15) is 16.7 Å². The molecule has 1 amide bonds. The van der Waals surface area contributed by atoms with Crippen molar-refractivity contribution >= 4 is 27.3 Å². The van der Waals surface area contributed by atoms with E-state index in [1.807, 2.05) is 12.1 Å². The molecule has 1 aromatic carbocycles. The van der Waals surface area contributed by atoms with E-state index in [2.05, 4.69) is 0 Å². The third kappa shape index (κ3) is 2.21. The fraction of sp³-hybridized carbons (Fsp3) is 0.167. The number of benzene rings is 1. The molecule has 1 heterocycles. The standard InChI is InChI=1S/C12H10N2O3S/c1-16-7-2-3-9-8(4-7)12(10(5-13)18-9)17-6-11(14)15/h2-4H,6H2,1H3,(H2,14,15). The second kappa shape index (κ2) is 4.94. The predicted molar refractivity (Wildman–Crippen MR) is 67.8 cm³/mol. The Hall–Kier alpha value is -2.26. The molecule has 6 heteroatoms. The highest BCUT2D eigenvalue weighted by Crippen LogP contribution is 2.39. The van der Waals surface area contributed by atoms with Gasteiger partial charge in [0, 0.05) is 10.1 Å². The normalized spacial score (nSPS) is 10.0. The molecule has 0 radical (unpaired) electrons. The van der Waals surface area contributed by atoms with Crippen LogP contribution < -0.4 is 15.2 Å². The van der Waals surface area contributed by atoms with Crippen molar-refractivity contribution < 1.29 is 14.3 Å². The molecule has 18 heavy (non-hydrogen) atoms. The molecule has 2 N–H and O–H groups in total. The van der Waals surface area contributed by atoms with Gasteiger partial charge >= 0.3 is 0 Å². The number of thiophene rings is 1. The molecule has 0 aliphatic heterocycles. The Labute approximate surface area is 107 Å². The number of ether oxygens (including phenoxy) is 2. The topological polar surface area (TPSA) is 85.3 Å². The number of rotatable bonds is 4. The van der Waals surface area contributed by atoms with Gasteiger partial charge in [0.2, 0.25) is 0 Å². The second-order valence-corrected chi connectivity index (χ2v) is 4.54. The highest BCUT2D eigenvalue weighted by molar-refractivity contribution is 7.20. The summed E-state index contributed by atoms with van der Waals surface area (Å²) in [6.45, 7) is -0.252. The number of carbonyl (C=O) groups is 1. The average Bonchev–Trinajstić information content (AvgIpc) is 2.72. The van der Waals surface area contributed by atoms with Gasteiger partial charge in [0.05, 0.1) is 7.11 Å². The van der Waals surface area contributed by atoms with E-state index in [1.165, 1.54) is 11.3 Å². The van der Waals surface area contributed by atoms with Gasteiger partial charge in [0.25, 0.3) is 5.91 Å². The van der Waals surface area contributed by atoms with Crippen LogP contribution in [0.3, 0.4) is 0 Å². The number of nitriles is 1. The Kier molecular flexibility index (Phi) is 3.35. The molecule has 0 unspecified atom stereocenters. The maximum Gasteiger partial charge on any atom is 0.255 e. The lowest BCUT2D eigenvalue weighted by atomic mass is 10.2.